The van der Waals surface area contributed by atoms with E-state index in [1.165, 1.54) is 12.1 Å². The number of nitrogens with one attached hydrogen (secondary N) is 1. The molecule has 0 bridgehead atoms. The number of fused-ring (bicyclic) bond motifs is 1. The molecule has 0 saturated carbocycles. The minimum Gasteiger partial charge on any atom is -0.478 e. The predicted molar refractivity (Wildman–Crippen MR) is 95.2 cm³/mol. The second-order valence-electron chi connectivity index (χ2n) is 6.60. The highest BCUT2D eigenvalue weighted by Gasteiger charge is 2.28. The van der Waals surface area contributed by atoms with Crippen LogP contribution in [0.5, 0.6) is 0 Å². The van der Waals surface area contributed by atoms with Gasteiger partial charge in [0.15, 0.2) is 0 Å². The Kier molecular flexibility index (Phi) is 5.51. The number of hydrogen-bond acceptors (Lipinski definition) is 3. The molecule has 2 N–H and O–H groups in total. The van der Waals surface area contributed by atoms with Gasteiger partial charge in [0, 0.05) is 25.2 Å². The summed E-state index contributed by atoms with van der Waals surface area (Å²) in [5, 5.41) is 11.7. The van der Waals surface area contributed by atoms with Crippen molar-refractivity contribution in [2.45, 2.75) is 32.5 Å². The van der Waals surface area contributed by atoms with Crippen molar-refractivity contribution in [3.8, 4) is 0 Å². The number of carbonyl (C=O) groups excluding carboxylic acids is 1. The van der Waals surface area contributed by atoms with Crippen LogP contribution in [0, 0.1) is 11.6 Å². The third kappa shape index (κ3) is 4.14. The number of hydrogen-bond donors (Lipinski definition) is 2. The number of carboxylic acid groups (broad SMARTS) is 1. The minimum absolute atomic E-state index is 0.180. The molecule has 27 heavy (non-hydrogen) atoms. The topological polar surface area (TPSA) is 69.6 Å². The van der Waals surface area contributed by atoms with E-state index in [2.05, 4.69) is 5.32 Å². The number of carbonyl (C=O) groups is 2. The molecular formula is C20H20F2N2O3. The Labute approximate surface area is 155 Å². The first-order chi connectivity index (χ1) is 12.9. The second kappa shape index (κ2) is 7.84. The Morgan fingerprint density at radius 1 is 1.11 bits per heavy atom. The van der Waals surface area contributed by atoms with Gasteiger partial charge in [0.2, 0.25) is 5.91 Å². The van der Waals surface area contributed by atoms with E-state index in [9.17, 15) is 18.4 Å². The van der Waals surface area contributed by atoms with Crippen LogP contribution in [-0.2, 0) is 24.3 Å². The number of carboxylic acids is 1. The first kappa shape index (κ1) is 19.0. The SMILES string of the molecule is CC(C(=O)NCc1ccc(C(=O)O)cc1)N1CCc2c(F)ccc(F)c2C1. The van der Waals surface area contributed by atoms with E-state index in [4.69, 9.17) is 5.11 Å². The van der Waals surface area contributed by atoms with Crippen LogP contribution < -0.4 is 5.32 Å². The van der Waals surface area contributed by atoms with E-state index >= 15 is 0 Å². The van der Waals surface area contributed by atoms with Gasteiger partial charge >= 0.3 is 5.97 Å². The van der Waals surface area contributed by atoms with Gasteiger partial charge in [0.25, 0.3) is 0 Å². The first-order valence-electron chi connectivity index (χ1n) is 8.66. The van der Waals surface area contributed by atoms with Crippen LogP contribution in [0.2, 0.25) is 0 Å². The fourth-order valence-electron chi connectivity index (χ4n) is 3.21. The zero-order valence-corrected chi connectivity index (χ0v) is 14.8. The maximum absolute atomic E-state index is 14.0. The summed E-state index contributed by atoms with van der Waals surface area (Å²) in [5.41, 5.74) is 1.65. The summed E-state index contributed by atoms with van der Waals surface area (Å²) >= 11 is 0. The van der Waals surface area contributed by atoms with Gasteiger partial charge in [-0.1, -0.05) is 12.1 Å². The van der Waals surface area contributed by atoms with E-state index < -0.39 is 23.6 Å². The Bertz CT molecular complexity index is 868. The summed E-state index contributed by atoms with van der Waals surface area (Å²) in [5.74, 6) is -2.10. The summed E-state index contributed by atoms with van der Waals surface area (Å²) in [6.07, 6.45) is 0.354. The largest absolute Gasteiger partial charge is 0.478 e. The zero-order chi connectivity index (χ0) is 19.6. The van der Waals surface area contributed by atoms with Crippen molar-refractivity contribution in [3.63, 3.8) is 0 Å². The van der Waals surface area contributed by atoms with E-state index in [1.807, 2.05) is 4.90 Å². The molecule has 5 nitrogen and oxygen atoms in total. The zero-order valence-electron chi connectivity index (χ0n) is 14.8. The minimum atomic E-state index is -1.01. The van der Waals surface area contributed by atoms with Gasteiger partial charge in [-0.25, -0.2) is 13.6 Å². The van der Waals surface area contributed by atoms with Crippen LogP contribution >= 0.6 is 0 Å². The molecule has 1 atom stereocenters. The van der Waals surface area contributed by atoms with Crippen LogP contribution in [-0.4, -0.2) is 34.5 Å². The Morgan fingerprint density at radius 2 is 1.74 bits per heavy atom. The fraction of sp³-hybridized carbons (Fsp3) is 0.300. The number of nitrogens with zero attached hydrogens (tertiary/aromatic N) is 1. The molecule has 1 amide bonds. The lowest BCUT2D eigenvalue weighted by atomic mass is 9.97. The summed E-state index contributed by atoms with van der Waals surface area (Å²) < 4.78 is 27.8. The van der Waals surface area contributed by atoms with Crippen LogP contribution in [0.25, 0.3) is 0 Å². The molecule has 0 aliphatic carbocycles. The Morgan fingerprint density at radius 3 is 2.37 bits per heavy atom. The molecule has 1 heterocycles. The molecule has 1 unspecified atom stereocenters. The lowest BCUT2D eigenvalue weighted by Gasteiger charge is -2.33. The highest BCUT2D eigenvalue weighted by molar-refractivity contribution is 5.87. The maximum Gasteiger partial charge on any atom is 0.335 e. The van der Waals surface area contributed by atoms with Crippen LogP contribution in [0.15, 0.2) is 36.4 Å². The molecule has 0 radical (unpaired) electrons. The van der Waals surface area contributed by atoms with Crippen LogP contribution in [0.4, 0.5) is 8.78 Å². The number of rotatable bonds is 5. The normalized spacial score (nSPS) is 15.1. The van der Waals surface area contributed by atoms with E-state index in [-0.39, 0.29) is 24.6 Å². The second-order valence-corrected chi connectivity index (χ2v) is 6.60. The Hall–Kier alpha value is -2.80. The molecule has 0 aromatic heterocycles. The number of amides is 1. The van der Waals surface area contributed by atoms with E-state index in [0.29, 0.717) is 24.1 Å². The summed E-state index contributed by atoms with van der Waals surface area (Å²) in [7, 11) is 0. The van der Waals surface area contributed by atoms with Crippen LogP contribution in [0.1, 0.15) is 34.0 Å². The van der Waals surface area contributed by atoms with Crippen molar-refractivity contribution in [1.82, 2.24) is 10.2 Å². The molecule has 1 aliphatic heterocycles. The Balaban J connectivity index is 1.60. The smallest absolute Gasteiger partial charge is 0.335 e. The molecule has 1 aliphatic rings. The number of aromatic carboxylic acids is 1. The monoisotopic (exact) mass is 374 g/mol. The van der Waals surface area contributed by atoms with Crippen molar-refractivity contribution in [2.75, 3.05) is 6.54 Å². The van der Waals surface area contributed by atoms with Gasteiger partial charge in [-0.15, -0.1) is 0 Å². The lowest BCUT2D eigenvalue weighted by molar-refractivity contribution is -0.126. The first-order valence-corrected chi connectivity index (χ1v) is 8.66. The number of halogens is 2. The lowest BCUT2D eigenvalue weighted by Crippen LogP contribution is -2.47. The molecule has 3 rings (SSSR count). The average molecular weight is 374 g/mol. The number of benzene rings is 2. The van der Waals surface area contributed by atoms with Crippen molar-refractivity contribution in [3.05, 3.63) is 70.3 Å². The molecule has 0 spiro atoms. The quantitative estimate of drug-likeness (QED) is 0.844. The van der Waals surface area contributed by atoms with E-state index in [1.54, 1.807) is 19.1 Å². The van der Waals surface area contributed by atoms with Crippen LogP contribution in [0.3, 0.4) is 0 Å². The highest BCUT2D eigenvalue weighted by atomic mass is 19.1. The third-order valence-electron chi connectivity index (χ3n) is 4.92. The van der Waals surface area contributed by atoms with Gasteiger partial charge in [0.1, 0.15) is 11.6 Å². The third-order valence-corrected chi connectivity index (χ3v) is 4.92. The molecule has 2 aromatic rings. The predicted octanol–water partition coefficient (Wildman–Crippen LogP) is 2.73. The van der Waals surface area contributed by atoms with Crippen molar-refractivity contribution >= 4 is 11.9 Å². The van der Waals surface area contributed by atoms with Gasteiger partial charge < -0.3 is 10.4 Å². The molecular weight excluding hydrogens is 354 g/mol. The highest BCUT2D eigenvalue weighted by Crippen LogP contribution is 2.25. The molecule has 0 saturated heterocycles. The van der Waals surface area contributed by atoms with Gasteiger partial charge in [-0.3, -0.25) is 9.69 Å². The maximum atomic E-state index is 14.0. The van der Waals surface area contributed by atoms with Gasteiger partial charge in [-0.2, -0.15) is 0 Å². The molecule has 0 fully saturated rings. The van der Waals surface area contributed by atoms with E-state index in [0.717, 1.165) is 17.7 Å². The van der Waals surface area contributed by atoms with Gasteiger partial charge in [-0.05, 0) is 48.7 Å². The fourth-order valence-corrected chi connectivity index (χ4v) is 3.21. The average Bonchev–Trinajstić information content (AvgIpc) is 2.68. The summed E-state index contributed by atoms with van der Waals surface area (Å²) in [6, 6.07) is 7.99. The van der Waals surface area contributed by atoms with Crippen molar-refractivity contribution in [2.24, 2.45) is 0 Å². The standard InChI is InChI=1S/C20H20F2N2O3/c1-12(19(25)23-10-13-2-4-14(5-3-13)20(26)27)24-9-8-15-16(11-24)18(22)7-6-17(15)21/h2-7,12H,8-11H2,1H3,(H,23,25)(H,26,27). The summed E-state index contributed by atoms with van der Waals surface area (Å²) in [4.78, 5) is 25.1. The van der Waals surface area contributed by atoms with Crippen molar-refractivity contribution in [1.29, 1.82) is 0 Å². The molecule has 2 aromatic carbocycles. The van der Waals surface area contributed by atoms with Gasteiger partial charge in [0.05, 0.1) is 11.6 Å². The molecule has 142 valence electrons. The van der Waals surface area contributed by atoms with Crippen molar-refractivity contribution < 1.29 is 23.5 Å². The molecule has 7 heteroatoms. The summed E-state index contributed by atoms with van der Waals surface area (Å²) in [6.45, 7) is 2.64.